The lowest BCUT2D eigenvalue weighted by atomic mass is 10.1. The summed E-state index contributed by atoms with van der Waals surface area (Å²) in [5.74, 6) is 6.16. The Hall–Kier alpha value is -4.57. The van der Waals surface area contributed by atoms with E-state index in [1.54, 1.807) is 56.5 Å². The highest BCUT2D eigenvalue weighted by molar-refractivity contribution is 5.96. The molecule has 1 N–H and O–H groups in total. The molecule has 0 spiro atoms. The number of amides is 1. The molecule has 1 aliphatic rings. The van der Waals surface area contributed by atoms with Crippen LogP contribution < -0.4 is 15.8 Å². The van der Waals surface area contributed by atoms with Crippen LogP contribution in [0.5, 0.6) is 0 Å². The number of fused-ring (bicyclic) bond motifs is 1. The molecule has 0 aliphatic carbocycles. The molecule has 0 saturated carbocycles. The van der Waals surface area contributed by atoms with Crippen LogP contribution in [0.1, 0.15) is 56.5 Å². The number of nitrogens with zero attached hydrogens (tertiary/aromatic N) is 5. The van der Waals surface area contributed by atoms with Crippen LogP contribution in [-0.4, -0.2) is 50.7 Å². The van der Waals surface area contributed by atoms with E-state index in [0.29, 0.717) is 24.5 Å². The third-order valence-electron chi connectivity index (χ3n) is 6.38. The first-order valence-electron chi connectivity index (χ1n) is 12.9. The summed E-state index contributed by atoms with van der Waals surface area (Å²) in [4.78, 5) is 45.4. The number of ketones is 1. The number of ether oxygens (including phenoxy) is 1. The van der Waals surface area contributed by atoms with E-state index in [9.17, 15) is 19.6 Å². The van der Waals surface area contributed by atoms with Crippen LogP contribution in [0.2, 0.25) is 0 Å². The van der Waals surface area contributed by atoms with Gasteiger partial charge >= 0.3 is 6.09 Å². The van der Waals surface area contributed by atoms with E-state index in [1.807, 2.05) is 11.0 Å². The van der Waals surface area contributed by atoms with Gasteiger partial charge in [0.25, 0.3) is 5.56 Å². The first kappa shape index (κ1) is 27.5. The molecule has 39 heavy (non-hydrogen) atoms. The molecule has 1 atom stereocenters. The van der Waals surface area contributed by atoms with Gasteiger partial charge in [0.15, 0.2) is 5.78 Å². The monoisotopic (exact) mass is 528 g/mol. The fourth-order valence-electron chi connectivity index (χ4n) is 4.74. The molecule has 10 nitrogen and oxygen atoms in total. The lowest BCUT2D eigenvalue weighted by Gasteiger charge is -2.35. The van der Waals surface area contributed by atoms with E-state index in [-0.39, 0.29) is 41.5 Å². The predicted octanol–water partition coefficient (Wildman–Crippen LogP) is 3.47. The van der Waals surface area contributed by atoms with Gasteiger partial charge in [-0.3, -0.25) is 14.2 Å². The number of anilines is 1. The summed E-state index contributed by atoms with van der Waals surface area (Å²) in [6.45, 7) is 8.14. The zero-order valence-corrected chi connectivity index (χ0v) is 22.7. The van der Waals surface area contributed by atoms with Crippen LogP contribution in [-0.2, 0) is 17.8 Å². The molecule has 0 bridgehead atoms. The summed E-state index contributed by atoms with van der Waals surface area (Å²) in [6.07, 6.45) is 2.32. The highest BCUT2D eigenvalue weighted by Gasteiger charge is 2.30. The van der Waals surface area contributed by atoms with Crippen molar-refractivity contribution in [1.82, 2.24) is 19.4 Å². The van der Waals surface area contributed by atoms with Crippen molar-refractivity contribution in [2.24, 2.45) is 0 Å². The lowest BCUT2D eigenvalue weighted by Crippen LogP contribution is -2.49. The van der Waals surface area contributed by atoms with Gasteiger partial charge in [-0.2, -0.15) is 5.26 Å². The van der Waals surface area contributed by atoms with Crippen LogP contribution in [0.3, 0.4) is 0 Å². The van der Waals surface area contributed by atoms with Gasteiger partial charge in [-0.1, -0.05) is 36.3 Å². The molecule has 2 aromatic heterocycles. The van der Waals surface area contributed by atoms with Crippen LogP contribution in [0, 0.1) is 23.2 Å². The number of piperidine rings is 1. The lowest BCUT2D eigenvalue weighted by molar-refractivity contribution is 0.0499. The van der Waals surface area contributed by atoms with Gasteiger partial charge in [0.2, 0.25) is 0 Å². The van der Waals surface area contributed by atoms with E-state index < -0.39 is 17.3 Å². The third kappa shape index (κ3) is 6.12. The molecule has 4 rings (SSSR count). The molecule has 0 radical (unpaired) electrons. The van der Waals surface area contributed by atoms with Crippen molar-refractivity contribution < 1.29 is 14.3 Å². The number of hydrogen-bond acceptors (Lipinski definition) is 7. The Kier molecular flexibility index (Phi) is 8.06. The standard InChI is InChI=1S/C29H32N6O4/c1-5-6-15-35-25-24(31-19-34(27(25)37)18-23(36)20-11-8-7-9-12-20)22(16-30)26(35)33-14-10-13-21(17-33)32-28(38)39-29(2,3)4/h7-9,11-12,19,21H,10,13-15,17-18H2,1-4H3,(H,32,38)/t21-/m1/s1. The second kappa shape index (κ2) is 11.4. The van der Waals surface area contributed by atoms with Crippen molar-refractivity contribution in [2.45, 2.75) is 65.3 Å². The fraction of sp³-hybridized carbons (Fsp3) is 0.414. The van der Waals surface area contributed by atoms with Crippen LogP contribution in [0.25, 0.3) is 11.0 Å². The number of aromatic nitrogens is 3. The summed E-state index contributed by atoms with van der Waals surface area (Å²) in [6, 6.07) is 10.8. The number of hydrogen-bond donors (Lipinski definition) is 1. The fourth-order valence-corrected chi connectivity index (χ4v) is 4.74. The quantitative estimate of drug-likeness (QED) is 0.384. The summed E-state index contributed by atoms with van der Waals surface area (Å²) >= 11 is 0. The number of benzene rings is 1. The summed E-state index contributed by atoms with van der Waals surface area (Å²) in [5, 5.41) is 13.1. The van der Waals surface area contributed by atoms with Crippen molar-refractivity contribution in [3.8, 4) is 17.9 Å². The maximum absolute atomic E-state index is 13.7. The van der Waals surface area contributed by atoms with Crippen molar-refractivity contribution in [3.05, 3.63) is 58.1 Å². The number of Topliss-reactive ketones (excluding diaryl/α,β-unsaturated/α-hetero) is 1. The van der Waals surface area contributed by atoms with Gasteiger partial charge in [-0.15, -0.1) is 5.92 Å². The molecule has 3 aromatic rings. The topological polar surface area (TPSA) is 122 Å². The molecule has 1 amide bonds. The average molecular weight is 529 g/mol. The summed E-state index contributed by atoms with van der Waals surface area (Å²) in [5.41, 5.74) is 0.193. The largest absolute Gasteiger partial charge is 0.444 e. The van der Waals surface area contributed by atoms with Gasteiger partial charge in [0.1, 0.15) is 34.1 Å². The maximum atomic E-state index is 13.7. The minimum atomic E-state index is -0.620. The Labute approximate surface area is 227 Å². The zero-order chi connectivity index (χ0) is 28.2. The smallest absolute Gasteiger partial charge is 0.407 e. The van der Waals surface area contributed by atoms with E-state index in [2.05, 4.69) is 28.2 Å². The van der Waals surface area contributed by atoms with Gasteiger partial charge in [-0.05, 0) is 40.5 Å². The highest BCUT2D eigenvalue weighted by atomic mass is 16.6. The number of carbonyl (C=O) groups excluding carboxylic acids is 2. The second-order valence-electron chi connectivity index (χ2n) is 10.4. The van der Waals surface area contributed by atoms with Gasteiger partial charge in [0.05, 0.1) is 19.4 Å². The number of nitrogens with one attached hydrogen (secondary N) is 1. The molecular weight excluding hydrogens is 496 g/mol. The Balaban J connectivity index is 1.73. The molecule has 202 valence electrons. The summed E-state index contributed by atoms with van der Waals surface area (Å²) < 4.78 is 8.39. The molecular formula is C29H32N6O4. The van der Waals surface area contributed by atoms with Crippen molar-refractivity contribution in [2.75, 3.05) is 18.0 Å². The Bertz CT molecular complexity index is 1550. The van der Waals surface area contributed by atoms with Crippen molar-refractivity contribution in [1.29, 1.82) is 5.26 Å². The van der Waals surface area contributed by atoms with E-state index in [0.717, 1.165) is 12.8 Å². The first-order valence-corrected chi connectivity index (χ1v) is 12.9. The summed E-state index contributed by atoms with van der Waals surface area (Å²) in [7, 11) is 0. The molecule has 1 aliphatic heterocycles. The Morgan fingerprint density at radius 1 is 1.23 bits per heavy atom. The normalized spacial score (nSPS) is 15.3. The van der Waals surface area contributed by atoms with Crippen molar-refractivity contribution >= 4 is 28.7 Å². The number of alkyl carbamates (subject to hydrolysis) is 1. The minimum absolute atomic E-state index is 0.165. The van der Waals surface area contributed by atoms with Gasteiger partial charge in [0, 0.05) is 24.7 Å². The average Bonchev–Trinajstić information content (AvgIpc) is 3.22. The van der Waals surface area contributed by atoms with E-state index in [4.69, 9.17) is 4.74 Å². The van der Waals surface area contributed by atoms with Crippen LogP contribution in [0.4, 0.5) is 10.6 Å². The van der Waals surface area contributed by atoms with E-state index in [1.165, 1.54) is 10.9 Å². The zero-order valence-electron chi connectivity index (χ0n) is 22.7. The first-order chi connectivity index (χ1) is 18.6. The maximum Gasteiger partial charge on any atom is 0.407 e. The minimum Gasteiger partial charge on any atom is -0.444 e. The van der Waals surface area contributed by atoms with E-state index >= 15 is 0 Å². The predicted molar refractivity (Wildman–Crippen MR) is 148 cm³/mol. The SMILES string of the molecule is CC#CCn1c(N2CCC[C@@H](NC(=O)OC(C)(C)C)C2)c(C#N)c2ncn(CC(=O)c3ccccc3)c(=O)c21. The number of rotatable bonds is 6. The second-order valence-corrected chi connectivity index (χ2v) is 10.4. The number of carbonyl (C=O) groups is 2. The molecule has 3 heterocycles. The molecule has 10 heteroatoms. The van der Waals surface area contributed by atoms with Gasteiger partial charge in [-0.25, -0.2) is 9.78 Å². The number of nitriles is 1. The molecule has 0 unspecified atom stereocenters. The van der Waals surface area contributed by atoms with Crippen molar-refractivity contribution in [3.63, 3.8) is 0 Å². The van der Waals surface area contributed by atoms with Crippen LogP contribution >= 0.6 is 0 Å². The van der Waals surface area contributed by atoms with Gasteiger partial charge < -0.3 is 19.5 Å². The molecule has 1 saturated heterocycles. The Morgan fingerprint density at radius 2 is 1.97 bits per heavy atom. The van der Waals surface area contributed by atoms with Crippen LogP contribution in [0.15, 0.2) is 41.5 Å². The highest BCUT2D eigenvalue weighted by Crippen LogP contribution is 2.31. The molecule has 1 fully saturated rings. The molecule has 1 aromatic carbocycles. The third-order valence-corrected chi connectivity index (χ3v) is 6.38. The Morgan fingerprint density at radius 3 is 2.64 bits per heavy atom.